The molecule has 1 heterocycles. The van der Waals surface area contributed by atoms with Gasteiger partial charge < -0.3 is 14.6 Å². The van der Waals surface area contributed by atoms with Crippen LogP contribution in [0.3, 0.4) is 0 Å². The smallest absolute Gasteiger partial charge is 0.314 e. The van der Waals surface area contributed by atoms with Crippen LogP contribution in [0.25, 0.3) is 0 Å². The molecule has 1 saturated heterocycles. The van der Waals surface area contributed by atoms with Gasteiger partial charge in [0, 0.05) is 7.85 Å². The van der Waals surface area contributed by atoms with Crippen LogP contribution in [-0.4, -0.2) is 28.8 Å². The summed E-state index contributed by atoms with van der Waals surface area (Å²) in [5, 5.41) is 8.01. The Hall–Kier alpha value is -1.72. The van der Waals surface area contributed by atoms with Crippen molar-refractivity contribution >= 4 is 23.7 Å². The van der Waals surface area contributed by atoms with E-state index in [0.717, 1.165) is 0 Å². The van der Waals surface area contributed by atoms with Gasteiger partial charge in [0.25, 0.3) is 0 Å². The van der Waals surface area contributed by atoms with Crippen molar-refractivity contribution < 1.29 is 30.4 Å². The number of aliphatic carboxylic acids is 1. The lowest BCUT2D eigenvalue weighted by Gasteiger charge is -1.86. The molecule has 0 aromatic rings. The molecule has 1 N–H and O–H groups in total. The van der Waals surface area contributed by atoms with E-state index in [1.165, 1.54) is 6.92 Å². The van der Waals surface area contributed by atoms with Gasteiger partial charge in [-0.25, -0.2) is 0 Å². The maximum atomic E-state index is 10.1. The van der Waals surface area contributed by atoms with Crippen LogP contribution >= 0.6 is 0 Å². The molecule has 0 saturated carbocycles. The van der Waals surface area contributed by atoms with E-state index >= 15 is 0 Å². The summed E-state index contributed by atoms with van der Waals surface area (Å²) in [6.45, 7) is 1.38. The average molecular weight is 218 g/mol. The van der Waals surface area contributed by atoms with Crippen molar-refractivity contribution in [3.63, 3.8) is 0 Å². The van der Waals surface area contributed by atoms with Gasteiger partial charge in [-0.05, 0) is 6.92 Å². The standard InChI is InChI=1S/C5H8O3.C4H4O3.H2/c1-4(6)2-3-5(7)8;5-3-1-2-4(6)7-3;/h2-3H2,1H3,(H,7,8);1-2H2;1H. The normalized spacial score (nSPS) is 13.9. The molecule has 15 heavy (non-hydrogen) atoms. The first kappa shape index (κ1) is 13.3. The summed E-state index contributed by atoms with van der Waals surface area (Å²) in [6.07, 6.45) is 0.627. The predicted octanol–water partition coefficient (Wildman–Crippen LogP) is 0.536. The topological polar surface area (TPSA) is 97.7 Å². The first-order valence-electron chi connectivity index (χ1n) is 4.36. The van der Waals surface area contributed by atoms with Crippen LogP contribution in [0.4, 0.5) is 0 Å². The Bertz CT molecular complexity index is 258. The third kappa shape index (κ3) is 8.61. The van der Waals surface area contributed by atoms with Gasteiger partial charge in [-0.1, -0.05) is 0 Å². The van der Waals surface area contributed by atoms with Crippen LogP contribution in [0.1, 0.15) is 34.0 Å². The molecule has 0 aromatic heterocycles. The minimum atomic E-state index is -0.916. The zero-order chi connectivity index (χ0) is 11.8. The van der Waals surface area contributed by atoms with E-state index in [-0.39, 0.29) is 32.9 Å². The molecule has 0 unspecified atom stereocenters. The van der Waals surface area contributed by atoms with E-state index in [4.69, 9.17) is 5.11 Å². The van der Waals surface area contributed by atoms with Crippen molar-refractivity contribution in [2.45, 2.75) is 32.6 Å². The Balaban J connectivity index is 0. The minimum absolute atomic E-state index is 0. The Morgan fingerprint density at radius 3 is 1.87 bits per heavy atom. The maximum absolute atomic E-state index is 10.1. The van der Waals surface area contributed by atoms with Gasteiger partial charge in [-0.3, -0.25) is 14.4 Å². The summed E-state index contributed by atoms with van der Waals surface area (Å²) in [7, 11) is 0. The zero-order valence-electron chi connectivity index (χ0n) is 8.32. The molecule has 1 aliphatic heterocycles. The third-order valence-electron chi connectivity index (χ3n) is 1.45. The van der Waals surface area contributed by atoms with Gasteiger partial charge in [0.1, 0.15) is 5.78 Å². The Kier molecular flexibility index (Phi) is 5.92. The SMILES string of the molecule is CC(=O)CCC(=O)O.O=C1CCC(=O)O1.[HH]. The third-order valence-corrected chi connectivity index (χ3v) is 1.45. The molecule has 6 nitrogen and oxygen atoms in total. The van der Waals surface area contributed by atoms with E-state index in [9.17, 15) is 19.2 Å². The highest BCUT2D eigenvalue weighted by molar-refractivity contribution is 5.92. The summed E-state index contributed by atoms with van der Waals surface area (Å²) in [5.74, 6) is -1.79. The Labute approximate surface area is 87.7 Å². The van der Waals surface area contributed by atoms with Crippen LogP contribution in [0.2, 0.25) is 0 Å². The minimum Gasteiger partial charge on any atom is -0.481 e. The molecule has 0 atom stereocenters. The number of hydrogen-bond acceptors (Lipinski definition) is 5. The molecule has 86 valence electrons. The van der Waals surface area contributed by atoms with Gasteiger partial charge in [0.05, 0.1) is 19.3 Å². The number of rotatable bonds is 3. The molecular weight excluding hydrogens is 204 g/mol. The molecule has 1 fully saturated rings. The molecule has 0 amide bonds. The number of ketones is 1. The maximum Gasteiger partial charge on any atom is 0.314 e. The highest BCUT2D eigenvalue weighted by atomic mass is 16.6. The molecule has 1 rings (SSSR count). The number of carbonyl (C=O) groups excluding carboxylic acids is 3. The van der Waals surface area contributed by atoms with Crippen LogP contribution in [0.5, 0.6) is 0 Å². The Morgan fingerprint density at radius 1 is 1.27 bits per heavy atom. The number of esters is 2. The van der Waals surface area contributed by atoms with Gasteiger partial charge in [0.2, 0.25) is 0 Å². The van der Waals surface area contributed by atoms with E-state index in [1.807, 2.05) is 0 Å². The number of Topliss-reactive ketones (excluding diaryl/α,β-unsaturated/α-hetero) is 1. The fourth-order valence-electron chi connectivity index (χ4n) is 0.716. The summed E-state index contributed by atoms with van der Waals surface area (Å²) < 4.78 is 4.08. The van der Waals surface area contributed by atoms with E-state index in [0.29, 0.717) is 0 Å². The van der Waals surface area contributed by atoms with Crippen molar-refractivity contribution in [2.75, 3.05) is 0 Å². The van der Waals surface area contributed by atoms with Crippen molar-refractivity contribution in [1.29, 1.82) is 0 Å². The monoisotopic (exact) mass is 218 g/mol. The van der Waals surface area contributed by atoms with E-state index in [2.05, 4.69) is 4.74 Å². The molecule has 0 aliphatic carbocycles. The van der Waals surface area contributed by atoms with Gasteiger partial charge in [-0.15, -0.1) is 0 Å². The fourth-order valence-corrected chi connectivity index (χ4v) is 0.716. The summed E-state index contributed by atoms with van der Waals surface area (Å²) >= 11 is 0. The van der Waals surface area contributed by atoms with Crippen LogP contribution in [-0.2, 0) is 23.9 Å². The number of hydrogen-bond donors (Lipinski definition) is 1. The first-order valence-corrected chi connectivity index (χ1v) is 4.36. The summed E-state index contributed by atoms with van der Waals surface area (Å²) in [6, 6.07) is 0. The van der Waals surface area contributed by atoms with Gasteiger partial charge in [-0.2, -0.15) is 0 Å². The second-order valence-corrected chi connectivity index (χ2v) is 2.94. The van der Waals surface area contributed by atoms with Crippen molar-refractivity contribution in [3.8, 4) is 0 Å². The lowest BCUT2D eigenvalue weighted by Crippen LogP contribution is -1.98. The second kappa shape index (κ2) is 6.69. The van der Waals surface area contributed by atoms with Gasteiger partial charge in [0.15, 0.2) is 0 Å². The predicted molar refractivity (Wildman–Crippen MR) is 50.0 cm³/mol. The molecule has 0 bridgehead atoms. The van der Waals surface area contributed by atoms with Crippen molar-refractivity contribution in [3.05, 3.63) is 0 Å². The number of carboxylic acids is 1. The van der Waals surface area contributed by atoms with Crippen LogP contribution < -0.4 is 0 Å². The number of ether oxygens (including phenoxy) is 1. The molecule has 0 spiro atoms. The molecule has 0 radical (unpaired) electrons. The largest absolute Gasteiger partial charge is 0.481 e. The van der Waals surface area contributed by atoms with Crippen molar-refractivity contribution in [2.24, 2.45) is 0 Å². The van der Waals surface area contributed by atoms with Crippen molar-refractivity contribution in [1.82, 2.24) is 0 Å². The fraction of sp³-hybridized carbons (Fsp3) is 0.556. The van der Waals surface area contributed by atoms with Gasteiger partial charge >= 0.3 is 17.9 Å². The molecular formula is C9H14O6. The lowest BCUT2D eigenvalue weighted by atomic mass is 10.2. The second-order valence-electron chi connectivity index (χ2n) is 2.94. The lowest BCUT2D eigenvalue weighted by molar-refractivity contribution is -0.152. The molecule has 0 aromatic carbocycles. The van der Waals surface area contributed by atoms with E-state index < -0.39 is 17.9 Å². The van der Waals surface area contributed by atoms with Crippen LogP contribution in [0.15, 0.2) is 0 Å². The summed E-state index contributed by atoms with van der Waals surface area (Å²) in [5.41, 5.74) is 0. The average Bonchev–Trinajstić information content (AvgIpc) is 2.47. The number of carbonyl (C=O) groups is 4. The molecule has 6 heteroatoms. The quantitative estimate of drug-likeness (QED) is 0.548. The Morgan fingerprint density at radius 2 is 1.73 bits per heavy atom. The zero-order valence-corrected chi connectivity index (χ0v) is 8.32. The highest BCUT2D eigenvalue weighted by Crippen LogP contribution is 2.03. The molecule has 1 aliphatic rings. The summed E-state index contributed by atoms with van der Waals surface area (Å²) in [4.78, 5) is 39.9. The highest BCUT2D eigenvalue weighted by Gasteiger charge is 2.19. The first-order chi connectivity index (χ1) is 6.91. The number of carboxylic acid groups (broad SMARTS) is 1. The van der Waals surface area contributed by atoms with E-state index in [1.54, 1.807) is 0 Å². The number of cyclic esters (lactones) is 2. The van der Waals surface area contributed by atoms with Crippen LogP contribution in [0, 0.1) is 0 Å².